The molecule has 2 atom stereocenters. The lowest BCUT2D eigenvalue weighted by molar-refractivity contribution is 0.0941. The summed E-state index contributed by atoms with van der Waals surface area (Å²) >= 11 is 9.28. The molecule has 1 aliphatic heterocycles. The lowest BCUT2D eigenvalue weighted by atomic mass is 10.1. The van der Waals surface area contributed by atoms with Gasteiger partial charge in [0, 0.05) is 10.0 Å². The van der Waals surface area contributed by atoms with Crippen molar-refractivity contribution in [3.63, 3.8) is 0 Å². The Morgan fingerprint density at radius 3 is 2.58 bits per heavy atom. The largest absolute Gasteiger partial charge is 0.347 e. The second-order valence-electron chi connectivity index (χ2n) is 4.69. The van der Waals surface area contributed by atoms with Crippen molar-refractivity contribution >= 4 is 43.3 Å². The first-order valence-electron chi connectivity index (χ1n) is 5.69. The molecule has 0 bridgehead atoms. The predicted molar refractivity (Wildman–Crippen MR) is 78.4 cm³/mol. The Bertz CT molecular complexity index is 597. The van der Waals surface area contributed by atoms with Gasteiger partial charge in [0.1, 0.15) is 0 Å². The molecule has 0 saturated carbocycles. The molecule has 4 nitrogen and oxygen atoms in total. The fourth-order valence-electron chi connectivity index (χ4n) is 2.06. The molecule has 2 unspecified atom stereocenters. The minimum absolute atomic E-state index is 0.0863. The Kier molecular flexibility index (Phi) is 4.23. The van der Waals surface area contributed by atoms with Crippen LogP contribution in [-0.2, 0) is 9.84 Å². The van der Waals surface area contributed by atoms with Gasteiger partial charge < -0.3 is 5.32 Å². The van der Waals surface area contributed by atoms with Crippen LogP contribution in [0.4, 0.5) is 0 Å². The van der Waals surface area contributed by atoms with Crippen molar-refractivity contribution in [2.75, 3.05) is 11.5 Å². The number of halogens is 2. The third-order valence-electron chi connectivity index (χ3n) is 2.90. The van der Waals surface area contributed by atoms with E-state index in [1.807, 2.05) is 13.0 Å². The highest BCUT2D eigenvalue weighted by Crippen LogP contribution is 2.20. The average molecular weight is 367 g/mol. The summed E-state index contributed by atoms with van der Waals surface area (Å²) in [5.74, 6) is -0.492. The van der Waals surface area contributed by atoms with Crippen molar-refractivity contribution < 1.29 is 13.2 Å². The number of nitrogens with one attached hydrogen (secondary N) is 1. The van der Waals surface area contributed by atoms with Gasteiger partial charge in [-0.1, -0.05) is 15.9 Å². The fraction of sp³-hybridized carbons (Fsp3) is 0.417. The van der Waals surface area contributed by atoms with E-state index < -0.39 is 21.3 Å². The summed E-state index contributed by atoms with van der Waals surface area (Å²) in [6, 6.07) is 4.79. The minimum atomic E-state index is -3.14. The average Bonchev–Trinajstić information content (AvgIpc) is 2.50. The number of aryl methyl sites for hydroxylation is 1. The molecule has 1 N–H and O–H groups in total. The zero-order valence-corrected chi connectivity index (χ0v) is 13.3. The van der Waals surface area contributed by atoms with Crippen LogP contribution in [0.15, 0.2) is 22.7 Å². The number of alkyl halides is 1. The fourth-order valence-corrected chi connectivity index (χ4v) is 5.21. The minimum Gasteiger partial charge on any atom is -0.347 e. The van der Waals surface area contributed by atoms with E-state index in [1.54, 1.807) is 12.1 Å². The molecule has 0 aromatic heterocycles. The predicted octanol–water partition coefficient (Wildman–Crippen LogP) is 1.89. The number of rotatable bonds is 2. The quantitative estimate of drug-likeness (QED) is 0.813. The van der Waals surface area contributed by atoms with E-state index in [0.717, 1.165) is 10.0 Å². The lowest BCUT2D eigenvalue weighted by Gasteiger charge is -2.14. The topological polar surface area (TPSA) is 63.2 Å². The Morgan fingerprint density at radius 2 is 2.05 bits per heavy atom. The molecule has 1 amide bonds. The summed E-state index contributed by atoms with van der Waals surface area (Å²) in [5.41, 5.74) is 1.43. The maximum Gasteiger partial charge on any atom is 0.251 e. The maximum atomic E-state index is 12.1. The standard InChI is InChI=1S/C12H13BrClNO3S/c1-7-2-8(4-9(13)3-7)12(16)15-11-6-19(17,18)5-10(11)14/h2-4,10-11H,5-6H2,1H3,(H,15,16). The summed E-state index contributed by atoms with van der Waals surface area (Å²) in [6.45, 7) is 1.88. The monoisotopic (exact) mass is 365 g/mol. The van der Waals surface area contributed by atoms with Crippen molar-refractivity contribution in [2.24, 2.45) is 0 Å². The van der Waals surface area contributed by atoms with Crippen molar-refractivity contribution in [3.8, 4) is 0 Å². The van der Waals surface area contributed by atoms with Crippen molar-refractivity contribution in [1.82, 2.24) is 5.32 Å². The molecule has 2 rings (SSSR count). The number of hydrogen-bond acceptors (Lipinski definition) is 3. The van der Waals surface area contributed by atoms with Crippen molar-refractivity contribution in [1.29, 1.82) is 0 Å². The molecule has 1 heterocycles. The molecule has 1 aromatic rings. The molecule has 1 aromatic carbocycles. The molecule has 1 aliphatic rings. The van der Waals surface area contributed by atoms with Gasteiger partial charge in [-0.3, -0.25) is 4.79 Å². The molecule has 19 heavy (non-hydrogen) atoms. The molecule has 1 fully saturated rings. The molecule has 0 spiro atoms. The number of carbonyl (C=O) groups is 1. The number of sulfone groups is 1. The van der Waals surface area contributed by atoms with Crippen LogP contribution in [-0.4, -0.2) is 37.2 Å². The second-order valence-corrected chi connectivity index (χ2v) is 8.32. The highest BCUT2D eigenvalue weighted by atomic mass is 79.9. The first-order chi connectivity index (χ1) is 8.77. The highest BCUT2D eigenvalue weighted by molar-refractivity contribution is 9.10. The van der Waals surface area contributed by atoms with Crippen LogP contribution in [0.5, 0.6) is 0 Å². The molecular weight excluding hydrogens is 354 g/mol. The zero-order chi connectivity index (χ0) is 14.2. The van der Waals surface area contributed by atoms with Crippen molar-refractivity contribution in [3.05, 3.63) is 33.8 Å². The summed E-state index contributed by atoms with van der Waals surface area (Å²) in [6.07, 6.45) is 0. The lowest BCUT2D eigenvalue weighted by Crippen LogP contribution is -2.40. The maximum absolute atomic E-state index is 12.1. The van der Waals surface area contributed by atoms with Crippen LogP contribution in [0.3, 0.4) is 0 Å². The molecule has 104 valence electrons. The van der Waals surface area contributed by atoms with Crippen molar-refractivity contribution in [2.45, 2.75) is 18.3 Å². The van der Waals surface area contributed by atoms with Gasteiger partial charge in [0.15, 0.2) is 9.84 Å². The van der Waals surface area contributed by atoms with E-state index in [1.165, 1.54) is 0 Å². The first kappa shape index (κ1) is 14.8. The van der Waals surface area contributed by atoms with Crippen LogP contribution in [0.1, 0.15) is 15.9 Å². The molecular formula is C12H13BrClNO3S. The van der Waals surface area contributed by atoms with Gasteiger partial charge in [-0.25, -0.2) is 8.42 Å². The second kappa shape index (κ2) is 5.42. The van der Waals surface area contributed by atoms with Gasteiger partial charge in [0.25, 0.3) is 5.91 Å². The van der Waals surface area contributed by atoms with Gasteiger partial charge in [-0.05, 0) is 30.7 Å². The third-order valence-corrected chi connectivity index (χ3v) is 5.74. The zero-order valence-electron chi connectivity index (χ0n) is 10.2. The summed E-state index contributed by atoms with van der Waals surface area (Å²) < 4.78 is 23.7. The molecule has 1 saturated heterocycles. The van der Waals surface area contributed by atoms with Crippen LogP contribution in [0.2, 0.25) is 0 Å². The van der Waals surface area contributed by atoms with Crippen LogP contribution in [0.25, 0.3) is 0 Å². The normalized spacial score (nSPS) is 25.2. The summed E-state index contributed by atoms with van der Waals surface area (Å²) in [7, 11) is -3.14. The third kappa shape index (κ3) is 3.70. The van der Waals surface area contributed by atoms with Gasteiger partial charge >= 0.3 is 0 Å². The molecule has 0 radical (unpaired) electrons. The summed E-state index contributed by atoms with van der Waals surface area (Å²) in [5, 5.41) is 2.12. The van der Waals surface area contributed by atoms with Crippen LogP contribution < -0.4 is 5.32 Å². The SMILES string of the molecule is Cc1cc(Br)cc(C(=O)NC2CS(=O)(=O)CC2Cl)c1. The molecule has 7 heteroatoms. The highest BCUT2D eigenvalue weighted by Gasteiger charge is 2.37. The Labute approximate surface area is 125 Å². The van der Waals surface area contributed by atoms with Crippen LogP contribution >= 0.6 is 27.5 Å². The van der Waals surface area contributed by atoms with E-state index in [0.29, 0.717) is 5.56 Å². The Hall–Kier alpha value is -0.590. The van der Waals surface area contributed by atoms with E-state index in [-0.39, 0.29) is 17.4 Å². The Balaban J connectivity index is 2.13. The Morgan fingerprint density at radius 1 is 1.37 bits per heavy atom. The van der Waals surface area contributed by atoms with E-state index in [2.05, 4.69) is 21.2 Å². The number of amides is 1. The van der Waals surface area contributed by atoms with E-state index >= 15 is 0 Å². The first-order valence-corrected chi connectivity index (χ1v) is 8.74. The van der Waals surface area contributed by atoms with Gasteiger partial charge in [0.2, 0.25) is 0 Å². The van der Waals surface area contributed by atoms with Crippen LogP contribution in [0, 0.1) is 6.92 Å². The van der Waals surface area contributed by atoms with Gasteiger partial charge in [-0.2, -0.15) is 0 Å². The number of carbonyl (C=O) groups excluding carboxylic acids is 1. The number of benzene rings is 1. The summed E-state index contributed by atoms with van der Waals surface area (Å²) in [4.78, 5) is 12.1. The smallest absolute Gasteiger partial charge is 0.251 e. The van der Waals surface area contributed by atoms with E-state index in [9.17, 15) is 13.2 Å². The van der Waals surface area contributed by atoms with Gasteiger partial charge in [-0.15, -0.1) is 11.6 Å². The van der Waals surface area contributed by atoms with Gasteiger partial charge in [0.05, 0.1) is 22.9 Å². The van der Waals surface area contributed by atoms with E-state index in [4.69, 9.17) is 11.6 Å². The molecule has 0 aliphatic carbocycles. The number of hydrogen-bond donors (Lipinski definition) is 1.